The van der Waals surface area contributed by atoms with Gasteiger partial charge >= 0.3 is 0 Å². The average Bonchev–Trinajstić information content (AvgIpc) is 4.32. The van der Waals surface area contributed by atoms with E-state index in [4.69, 9.17) is 11.1 Å². The number of aryl methyl sites for hydroxylation is 1. The summed E-state index contributed by atoms with van der Waals surface area (Å²) >= 11 is 0. The summed E-state index contributed by atoms with van der Waals surface area (Å²) in [6.45, 7) is 2.05. The van der Waals surface area contributed by atoms with Gasteiger partial charge in [0, 0.05) is 89.7 Å². The minimum absolute atomic E-state index is 0.173. The molecule has 4 heterocycles. The van der Waals surface area contributed by atoms with Gasteiger partial charge in [0.05, 0.1) is 27.6 Å². The van der Waals surface area contributed by atoms with Gasteiger partial charge in [0.1, 0.15) is 5.84 Å². The molecule has 0 amide bonds. The molecule has 77 heavy (non-hydrogen) atoms. The molecule has 7 nitrogen and oxygen atoms in total. The van der Waals surface area contributed by atoms with Crippen molar-refractivity contribution >= 4 is 94.1 Å². The van der Waals surface area contributed by atoms with E-state index in [1.807, 2.05) is 60.7 Å². The molecule has 0 spiro atoms. The highest BCUT2D eigenvalue weighted by atomic mass is 15.0. The lowest BCUT2D eigenvalue weighted by atomic mass is 10.0. The molecule has 0 aliphatic heterocycles. The highest BCUT2D eigenvalue weighted by Crippen LogP contribution is 2.39. The highest BCUT2D eigenvalue weighted by Gasteiger charge is 2.19. The molecule has 368 valence electrons. The zero-order chi connectivity index (χ0) is 52.0. The molecule has 0 radical (unpaired) electrons. The Morgan fingerprint density at radius 2 is 0.870 bits per heavy atom. The molecule has 7 heteroatoms. The molecular weight excluding hydrogens is 939 g/mol. The molecule has 0 aliphatic rings. The predicted molar refractivity (Wildman–Crippen MR) is 326 cm³/mol. The number of amidine groups is 2. The molecule has 0 saturated heterocycles. The number of para-hydroxylation sites is 4. The maximum Gasteiger partial charge on any atom is 0.154 e. The van der Waals surface area contributed by atoms with E-state index in [9.17, 15) is 0 Å². The second kappa shape index (κ2) is 19.6. The number of nitrogens with two attached hydrogens (primary N) is 1. The van der Waals surface area contributed by atoms with E-state index >= 15 is 0 Å². The molecule has 0 aliphatic carbocycles. The van der Waals surface area contributed by atoms with Crippen LogP contribution >= 0.6 is 0 Å². The Labute approximate surface area is 446 Å². The van der Waals surface area contributed by atoms with Crippen molar-refractivity contribution in [2.24, 2.45) is 17.8 Å². The number of nitrogens with zero attached hydrogens (tertiary/aromatic N) is 5. The molecule has 0 saturated carbocycles. The smallest absolute Gasteiger partial charge is 0.154 e. The van der Waals surface area contributed by atoms with Crippen LogP contribution in [0.15, 0.2) is 266 Å². The largest absolute Gasteiger partial charge is 0.383 e. The number of fused-ring (bicyclic) bond motifs is 10. The van der Waals surface area contributed by atoms with Gasteiger partial charge in [-0.25, -0.2) is 4.99 Å². The quantitative estimate of drug-likeness (QED) is 0.0887. The minimum atomic E-state index is 0.173. The zero-order valence-corrected chi connectivity index (χ0v) is 42.7. The summed E-state index contributed by atoms with van der Waals surface area (Å²) in [6, 6.07) is 85.8. The van der Waals surface area contributed by atoms with E-state index < -0.39 is 0 Å². The van der Waals surface area contributed by atoms with Crippen molar-refractivity contribution in [3.05, 3.63) is 278 Å². The number of hydrogen-bond acceptors (Lipinski definition) is 1. The number of hydrogen-bond donors (Lipinski definition) is 2. The topological polar surface area (TPSA) is 82.0 Å². The van der Waals surface area contributed by atoms with E-state index in [0.29, 0.717) is 5.84 Å². The average molecular weight is 992 g/mol. The number of rotatable bonds is 8. The van der Waals surface area contributed by atoms with Gasteiger partial charge in [0.25, 0.3) is 0 Å². The maximum absolute atomic E-state index is 7.84. The van der Waals surface area contributed by atoms with Crippen molar-refractivity contribution in [3.63, 3.8) is 0 Å². The van der Waals surface area contributed by atoms with Gasteiger partial charge in [0.15, 0.2) is 5.84 Å². The fourth-order valence-corrected chi connectivity index (χ4v) is 11.2. The normalized spacial score (nSPS) is 12.1. The van der Waals surface area contributed by atoms with Gasteiger partial charge in [-0.2, -0.15) is 0 Å². The second-order valence-corrected chi connectivity index (χ2v) is 19.4. The van der Waals surface area contributed by atoms with E-state index in [2.05, 4.69) is 244 Å². The summed E-state index contributed by atoms with van der Waals surface area (Å²) in [5.74, 6) is 0.534. The van der Waals surface area contributed by atoms with Crippen LogP contribution in [-0.4, -0.2) is 29.9 Å². The Morgan fingerprint density at radius 3 is 1.51 bits per heavy atom. The van der Waals surface area contributed by atoms with Gasteiger partial charge < -0.3 is 24.0 Å². The molecule has 3 N–H and O–H groups in total. The van der Waals surface area contributed by atoms with Crippen LogP contribution in [0, 0.1) is 5.41 Å². The first-order chi connectivity index (χ1) is 37.9. The third-order valence-corrected chi connectivity index (χ3v) is 14.9. The van der Waals surface area contributed by atoms with Crippen LogP contribution in [-0.2, 0) is 7.05 Å². The number of nitrogens with one attached hydrogen (secondary N) is 1. The van der Waals surface area contributed by atoms with Crippen LogP contribution < -0.4 is 5.73 Å². The standard InChI is InChI=1S/C56H40N4.C14H13N3/c1-3-4-5-15-41-33-39-14-6-10-19-50(39)58(41)42-28-31-48-49-32-29-43(60-52-21-12-8-17-45(52)46-18-9-13-22-53(46)60)36-56(49)59(55(48)35-42)40-26-23-37(24-27-40)38-25-30-47-44-16-7-11-20-51(44)57(2)54(47)34-38;15-13(11-7-3-1-4-8-11)17-14(16)12-9-5-2-6-10-12/h3-36H,1-2H3;1-10H,(H3,15,16,17)/b4-3-,15-5-;. The molecule has 10 aromatic carbocycles. The molecule has 0 atom stereocenters. The Hall–Kier alpha value is -10.2. The lowest BCUT2D eigenvalue weighted by Crippen LogP contribution is -2.15. The maximum atomic E-state index is 7.84. The Bertz CT molecular complexity index is 4600. The number of benzene rings is 10. The minimum Gasteiger partial charge on any atom is -0.383 e. The highest BCUT2D eigenvalue weighted by molar-refractivity contribution is 6.13. The summed E-state index contributed by atoms with van der Waals surface area (Å²) in [5, 5.41) is 16.6. The summed E-state index contributed by atoms with van der Waals surface area (Å²) in [4.78, 5) is 4.10. The van der Waals surface area contributed by atoms with Crippen molar-refractivity contribution < 1.29 is 0 Å². The summed E-state index contributed by atoms with van der Waals surface area (Å²) in [6.07, 6.45) is 8.47. The van der Waals surface area contributed by atoms with Crippen LogP contribution in [0.5, 0.6) is 0 Å². The van der Waals surface area contributed by atoms with E-state index in [0.717, 1.165) is 44.9 Å². The van der Waals surface area contributed by atoms with Crippen LogP contribution in [0.3, 0.4) is 0 Å². The summed E-state index contributed by atoms with van der Waals surface area (Å²) in [7, 11) is 2.17. The first kappa shape index (κ1) is 46.5. The van der Waals surface area contributed by atoms with Gasteiger partial charge in [-0.15, -0.1) is 0 Å². The summed E-state index contributed by atoms with van der Waals surface area (Å²) < 4.78 is 9.57. The zero-order valence-electron chi connectivity index (χ0n) is 42.7. The Morgan fingerprint density at radius 1 is 0.403 bits per heavy atom. The predicted octanol–water partition coefficient (Wildman–Crippen LogP) is 17.1. The molecular formula is C70H53N7. The molecule has 0 unspecified atom stereocenters. The van der Waals surface area contributed by atoms with E-state index in [1.54, 1.807) is 0 Å². The third-order valence-electron chi connectivity index (χ3n) is 14.9. The fourth-order valence-electron chi connectivity index (χ4n) is 11.2. The SMILES string of the molecule is C/C=C\C=C/c1cc2ccccc2n1-c1ccc2c3ccc(-n4c5ccccc5c5ccccc54)cc3n(-c3ccc(-c4ccc5c6ccccc6n(C)c5c4)cc3)c2c1.N=C(N=C(N)c1ccccc1)c1ccccc1. The van der Waals surface area contributed by atoms with Crippen LogP contribution in [0.1, 0.15) is 23.7 Å². The third kappa shape index (κ3) is 8.27. The fraction of sp³-hybridized carbons (Fsp3) is 0.0286. The number of allylic oxidation sites excluding steroid dienone is 3. The lowest BCUT2D eigenvalue weighted by Gasteiger charge is -2.13. The Kier molecular flexibility index (Phi) is 11.8. The van der Waals surface area contributed by atoms with Crippen molar-refractivity contribution in [1.29, 1.82) is 5.41 Å². The van der Waals surface area contributed by atoms with Crippen LogP contribution in [0.2, 0.25) is 0 Å². The first-order valence-corrected chi connectivity index (χ1v) is 26.0. The van der Waals surface area contributed by atoms with Crippen LogP contribution in [0.4, 0.5) is 0 Å². The van der Waals surface area contributed by atoms with Gasteiger partial charge in [-0.05, 0) is 96.9 Å². The van der Waals surface area contributed by atoms with E-state index in [1.165, 1.54) is 76.4 Å². The number of aliphatic imine (C=N–C) groups is 1. The Balaban J connectivity index is 0.000000285. The molecule has 14 aromatic rings. The first-order valence-electron chi connectivity index (χ1n) is 26.0. The lowest BCUT2D eigenvalue weighted by molar-refractivity contribution is 1.01. The second-order valence-electron chi connectivity index (χ2n) is 19.4. The van der Waals surface area contributed by atoms with Crippen LogP contribution in [0.25, 0.3) is 111 Å². The van der Waals surface area contributed by atoms with Crippen molar-refractivity contribution in [2.75, 3.05) is 0 Å². The van der Waals surface area contributed by atoms with Crippen molar-refractivity contribution in [2.45, 2.75) is 6.92 Å². The molecule has 0 fully saturated rings. The number of aromatic nitrogens is 4. The van der Waals surface area contributed by atoms with Gasteiger partial charge in [-0.3, -0.25) is 5.41 Å². The molecule has 0 bridgehead atoms. The van der Waals surface area contributed by atoms with Gasteiger partial charge in [-0.1, -0.05) is 188 Å². The summed E-state index contributed by atoms with van der Waals surface area (Å²) in [5.41, 5.74) is 22.7. The van der Waals surface area contributed by atoms with Crippen molar-refractivity contribution in [1.82, 2.24) is 18.3 Å². The molecule has 14 rings (SSSR count). The van der Waals surface area contributed by atoms with E-state index in [-0.39, 0.29) is 5.84 Å². The van der Waals surface area contributed by atoms with Gasteiger partial charge in [0.2, 0.25) is 0 Å². The monoisotopic (exact) mass is 991 g/mol. The molecule has 4 aromatic heterocycles. The van der Waals surface area contributed by atoms with Crippen molar-refractivity contribution in [3.8, 4) is 28.2 Å².